The number of aliphatic carboxylic acids is 2. The standard InChI is InChI=1S/C10H12N2O4/c1-2-12-6-8(5-11-12)7(3-9(13)14)4-10(15)16/h2,5-7H,1,3-4H2,(H,13,14)(H,15,16). The second kappa shape index (κ2) is 5.11. The Morgan fingerprint density at radius 1 is 1.44 bits per heavy atom. The van der Waals surface area contributed by atoms with E-state index in [0.29, 0.717) is 5.56 Å². The Morgan fingerprint density at radius 3 is 2.38 bits per heavy atom. The quantitative estimate of drug-likeness (QED) is 0.752. The number of nitrogens with zero attached hydrogens (tertiary/aromatic N) is 2. The molecule has 1 rings (SSSR count). The van der Waals surface area contributed by atoms with Gasteiger partial charge in [-0.1, -0.05) is 6.58 Å². The molecule has 0 saturated heterocycles. The van der Waals surface area contributed by atoms with Crippen molar-refractivity contribution < 1.29 is 19.8 Å². The van der Waals surface area contributed by atoms with Gasteiger partial charge in [-0.2, -0.15) is 5.10 Å². The summed E-state index contributed by atoms with van der Waals surface area (Å²) in [4.78, 5) is 21.2. The van der Waals surface area contributed by atoms with Crippen molar-refractivity contribution in [2.24, 2.45) is 0 Å². The van der Waals surface area contributed by atoms with Crippen molar-refractivity contribution in [2.75, 3.05) is 0 Å². The van der Waals surface area contributed by atoms with E-state index in [4.69, 9.17) is 10.2 Å². The maximum Gasteiger partial charge on any atom is 0.303 e. The van der Waals surface area contributed by atoms with Gasteiger partial charge in [-0.25, -0.2) is 4.68 Å². The zero-order valence-corrected chi connectivity index (χ0v) is 8.54. The molecule has 0 aliphatic heterocycles. The number of hydrogen-bond acceptors (Lipinski definition) is 3. The van der Waals surface area contributed by atoms with Gasteiger partial charge in [0.25, 0.3) is 0 Å². The first-order valence-electron chi connectivity index (χ1n) is 4.63. The first-order valence-corrected chi connectivity index (χ1v) is 4.63. The van der Waals surface area contributed by atoms with E-state index in [0.717, 1.165) is 0 Å². The van der Waals surface area contributed by atoms with Crippen LogP contribution in [0.1, 0.15) is 24.3 Å². The molecular formula is C10H12N2O4. The molecule has 0 aliphatic carbocycles. The summed E-state index contributed by atoms with van der Waals surface area (Å²) < 4.78 is 1.41. The molecule has 1 heterocycles. The fraction of sp³-hybridized carbons (Fsp3) is 0.300. The average Bonchev–Trinajstić information content (AvgIpc) is 2.63. The molecule has 1 aromatic rings. The van der Waals surface area contributed by atoms with E-state index in [1.807, 2.05) is 0 Å². The predicted molar refractivity (Wildman–Crippen MR) is 55.9 cm³/mol. The molecule has 6 heteroatoms. The fourth-order valence-corrected chi connectivity index (χ4v) is 1.39. The molecule has 16 heavy (non-hydrogen) atoms. The molecule has 0 bridgehead atoms. The van der Waals surface area contributed by atoms with Crippen LogP contribution in [0, 0.1) is 0 Å². The van der Waals surface area contributed by atoms with E-state index < -0.39 is 17.9 Å². The molecule has 0 atom stereocenters. The normalized spacial score (nSPS) is 10.3. The Hall–Kier alpha value is -2.11. The summed E-state index contributed by atoms with van der Waals surface area (Å²) in [5, 5.41) is 21.2. The van der Waals surface area contributed by atoms with E-state index in [1.165, 1.54) is 17.1 Å². The fourth-order valence-electron chi connectivity index (χ4n) is 1.39. The van der Waals surface area contributed by atoms with Crippen molar-refractivity contribution in [3.8, 4) is 0 Å². The zero-order valence-electron chi connectivity index (χ0n) is 8.54. The number of carboxylic acid groups (broad SMARTS) is 2. The van der Waals surface area contributed by atoms with Gasteiger partial charge in [0.05, 0.1) is 19.0 Å². The summed E-state index contributed by atoms with van der Waals surface area (Å²) in [6.07, 6.45) is 4.02. The van der Waals surface area contributed by atoms with E-state index >= 15 is 0 Å². The van der Waals surface area contributed by atoms with Gasteiger partial charge in [-0.3, -0.25) is 9.59 Å². The summed E-state index contributed by atoms with van der Waals surface area (Å²) in [5.41, 5.74) is 0.588. The highest BCUT2D eigenvalue weighted by atomic mass is 16.4. The SMILES string of the molecule is C=Cn1cc(C(CC(=O)O)CC(=O)O)cn1. The maximum absolute atomic E-state index is 10.6. The predicted octanol–water partition coefficient (Wildman–Crippen LogP) is 1.02. The van der Waals surface area contributed by atoms with Gasteiger partial charge in [-0.05, 0) is 5.56 Å². The van der Waals surface area contributed by atoms with E-state index in [9.17, 15) is 9.59 Å². The van der Waals surface area contributed by atoms with Gasteiger partial charge in [-0.15, -0.1) is 0 Å². The lowest BCUT2D eigenvalue weighted by molar-refractivity contribution is -0.139. The molecule has 0 aliphatic rings. The molecule has 0 spiro atoms. The van der Waals surface area contributed by atoms with Crippen molar-refractivity contribution in [1.82, 2.24) is 9.78 Å². The number of aromatic nitrogens is 2. The Morgan fingerprint density at radius 2 is 2.00 bits per heavy atom. The first kappa shape index (κ1) is 12.0. The highest BCUT2D eigenvalue weighted by molar-refractivity contribution is 5.72. The molecule has 1 aromatic heterocycles. The summed E-state index contributed by atoms with van der Waals surface area (Å²) in [7, 11) is 0. The number of carbonyl (C=O) groups is 2. The van der Waals surface area contributed by atoms with E-state index in [1.54, 1.807) is 6.20 Å². The van der Waals surface area contributed by atoms with Crippen LogP contribution in [-0.4, -0.2) is 31.9 Å². The third-order valence-corrected chi connectivity index (χ3v) is 2.12. The summed E-state index contributed by atoms with van der Waals surface area (Å²) in [6, 6.07) is 0. The molecular weight excluding hydrogens is 212 g/mol. The van der Waals surface area contributed by atoms with Crippen LogP contribution >= 0.6 is 0 Å². The molecule has 0 unspecified atom stereocenters. The zero-order chi connectivity index (χ0) is 12.1. The molecule has 0 radical (unpaired) electrons. The molecule has 0 aromatic carbocycles. The van der Waals surface area contributed by atoms with Crippen molar-refractivity contribution in [1.29, 1.82) is 0 Å². The van der Waals surface area contributed by atoms with Gasteiger partial charge in [0, 0.05) is 18.3 Å². The second-order valence-corrected chi connectivity index (χ2v) is 3.33. The monoisotopic (exact) mass is 224 g/mol. The first-order chi connectivity index (χ1) is 7.52. The van der Waals surface area contributed by atoms with Gasteiger partial charge < -0.3 is 10.2 Å². The van der Waals surface area contributed by atoms with Crippen LogP contribution in [-0.2, 0) is 9.59 Å². The lowest BCUT2D eigenvalue weighted by Gasteiger charge is -2.09. The van der Waals surface area contributed by atoms with Crippen molar-refractivity contribution in [3.63, 3.8) is 0 Å². The van der Waals surface area contributed by atoms with Gasteiger partial charge >= 0.3 is 11.9 Å². The Labute approximate surface area is 91.8 Å². The lowest BCUT2D eigenvalue weighted by Crippen LogP contribution is -2.10. The topological polar surface area (TPSA) is 92.4 Å². The van der Waals surface area contributed by atoms with Gasteiger partial charge in [0.1, 0.15) is 0 Å². The van der Waals surface area contributed by atoms with Gasteiger partial charge in [0.15, 0.2) is 0 Å². The Balaban J connectivity index is 2.85. The third-order valence-electron chi connectivity index (χ3n) is 2.12. The molecule has 2 N–H and O–H groups in total. The summed E-state index contributed by atoms with van der Waals surface area (Å²) in [6.45, 7) is 3.49. The summed E-state index contributed by atoms with van der Waals surface area (Å²) in [5.74, 6) is -2.63. The molecule has 6 nitrogen and oxygen atoms in total. The Bertz CT molecular complexity index is 395. The van der Waals surface area contributed by atoms with Crippen LogP contribution in [0.15, 0.2) is 19.0 Å². The highest BCUT2D eigenvalue weighted by Crippen LogP contribution is 2.23. The third kappa shape index (κ3) is 3.23. The van der Waals surface area contributed by atoms with Crippen LogP contribution in [0.3, 0.4) is 0 Å². The largest absolute Gasteiger partial charge is 0.481 e. The van der Waals surface area contributed by atoms with Gasteiger partial charge in [0.2, 0.25) is 0 Å². The molecule has 86 valence electrons. The van der Waals surface area contributed by atoms with Crippen LogP contribution in [0.4, 0.5) is 0 Å². The minimum Gasteiger partial charge on any atom is -0.481 e. The number of rotatable bonds is 6. The van der Waals surface area contributed by atoms with Crippen molar-refractivity contribution >= 4 is 18.1 Å². The van der Waals surface area contributed by atoms with Crippen LogP contribution < -0.4 is 0 Å². The number of carboxylic acids is 2. The van der Waals surface area contributed by atoms with E-state index in [-0.39, 0.29) is 12.8 Å². The molecule has 0 saturated carbocycles. The minimum absolute atomic E-state index is 0.227. The minimum atomic E-state index is -1.03. The summed E-state index contributed by atoms with van der Waals surface area (Å²) >= 11 is 0. The van der Waals surface area contributed by atoms with Crippen molar-refractivity contribution in [3.05, 3.63) is 24.5 Å². The second-order valence-electron chi connectivity index (χ2n) is 3.33. The molecule has 0 fully saturated rings. The van der Waals surface area contributed by atoms with Crippen LogP contribution in [0.5, 0.6) is 0 Å². The Kier molecular flexibility index (Phi) is 3.82. The maximum atomic E-state index is 10.6. The molecule has 0 amide bonds. The van der Waals surface area contributed by atoms with Crippen molar-refractivity contribution in [2.45, 2.75) is 18.8 Å². The smallest absolute Gasteiger partial charge is 0.303 e. The van der Waals surface area contributed by atoms with Crippen LogP contribution in [0.2, 0.25) is 0 Å². The van der Waals surface area contributed by atoms with Crippen LogP contribution in [0.25, 0.3) is 6.20 Å². The lowest BCUT2D eigenvalue weighted by atomic mass is 9.95. The van der Waals surface area contributed by atoms with E-state index in [2.05, 4.69) is 11.7 Å². The number of hydrogen-bond donors (Lipinski definition) is 2. The highest BCUT2D eigenvalue weighted by Gasteiger charge is 2.20. The average molecular weight is 224 g/mol.